The number of hydrogen-bond donors (Lipinski definition) is 1. The zero-order valence-corrected chi connectivity index (χ0v) is 6.87. The van der Waals surface area contributed by atoms with E-state index in [9.17, 15) is 4.79 Å². The highest BCUT2D eigenvalue weighted by atomic mass is 35.5. The normalized spacial score (nSPS) is 12.4. The zero-order chi connectivity index (χ0) is 6.73. The Morgan fingerprint density at radius 1 is 1.56 bits per heavy atom. The molecule has 56 valence electrons. The van der Waals surface area contributed by atoms with Crippen LogP contribution in [0.2, 0.25) is 0 Å². The van der Waals surface area contributed by atoms with Gasteiger partial charge in [-0.2, -0.15) is 0 Å². The third-order valence-corrected chi connectivity index (χ3v) is 1.51. The Morgan fingerprint density at radius 3 is 1.89 bits per heavy atom. The van der Waals surface area contributed by atoms with Crippen LogP contribution < -0.4 is 0 Å². The smallest absolute Gasteiger partial charge is 0.321 e. The van der Waals surface area contributed by atoms with Crippen LogP contribution in [0.25, 0.3) is 0 Å². The van der Waals surface area contributed by atoms with Crippen LogP contribution in [-0.2, 0) is 4.79 Å². The molecule has 1 atom stereocenters. The topological polar surface area (TPSA) is 37.3 Å². The number of carboxylic acids is 1. The Balaban J connectivity index is 0. The van der Waals surface area contributed by atoms with Gasteiger partial charge in [-0.05, 0) is 5.92 Å². The highest BCUT2D eigenvalue weighted by Crippen LogP contribution is 2.08. The van der Waals surface area contributed by atoms with Crippen molar-refractivity contribution in [2.45, 2.75) is 19.2 Å². The quantitative estimate of drug-likeness (QED) is 0.646. The molecule has 0 aliphatic carbocycles. The van der Waals surface area contributed by atoms with Gasteiger partial charge in [-0.15, -0.1) is 24.0 Å². The molecule has 0 amide bonds. The predicted molar refractivity (Wildman–Crippen MR) is 39.4 cm³/mol. The minimum atomic E-state index is -0.943. The Morgan fingerprint density at radius 2 is 1.89 bits per heavy atom. The van der Waals surface area contributed by atoms with Crippen LogP contribution >= 0.6 is 24.0 Å². The van der Waals surface area contributed by atoms with E-state index in [1.54, 1.807) is 13.8 Å². The summed E-state index contributed by atoms with van der Waals surface area (Å²) in [7, 11) is 0. The molecule has 0 fully saturated rings. The molecule has 1 unspecified atom stereocenters. The van der Waals surface area contributed by atoms with Crippen LogP contribution in [0.4, 0.5) is 0 Å². The summed E-state index contributed by atoms with van der Waals surface area (Å²) in [5, 5.41) is 7.48. The monoisotopic (exact) mass is 172 g/mol. The van der Waals surface area contributed by atoms with Crippen LogP contribution in [0.1, 0.15) is 13.8 Å². The van der Waals surface area contributed by atoms with Crippen molar-refractivity contribution in [3.05, 3.63) is 0 Å². The number of carbonyl (C=O) groups is 1. The first-order valence-electron chi connectivity index (χ1n) is 2.42. The van der Waals surface area contributed by atoms with E-state index < -0.39 is 11.3 Å². The lowest BCUT2D eigenvalue weighted by Gasteiger charge is -2.05. The lowest BCUT2D eigenvalue weighted by molar-refractivity contribution is -0.137. The maximum atomic E-state index is 10.0. The molecular formula is C5H10Cl2O2. The molecule has 4 heteroatoms. The third-order valence-electron chi connectivity index (χ3n) is 0.821. The Kier molecular flexibility index (Phi) is 6.40. The summed E-state index contributed by atoms with van der Waals surface area (Å²) in [6.07, 6.45) is 0. The molecule has 2 nitrogen and oxygen atoms in total. The van der Waals surface area contributed by atoms with Crippen LogP contribution in [0.15, 0.2) is 0 Å². The van der Waals surface area contributed by atoms with E-state index in [0.29, 0.717) is 0 Å². The van der Waals surface area contributed by atoms with Crippen molar-refractivity contribution in [2.24, 2.45) is 5.92 Å². The summed E-state index contributed by atoms with van der Waals surface area (Å²) < 4.78 is 0. The lowest BCUT2D eigenvalue weighted by atomic mass is 10.1. The Labute approximate surface area is 65.6 Å². The maximum Gasteiger partial charge on any atom is 0.321 e. The summed E-state index contributed by atoms with van der Waals surface area (Å²) in [4.78, 5) is 10.0. The fourth-order valence-electron chi connectivity index (χ4n) is 0.285. The van der Waals surface area contributed by atoms with Crippen molar-refractivity contribution in [1.82, 2.24) is 0 Å². The summed E-state index contributed by atoms with van der Waals surface area (Å²) in [5.41, 5.74) is 0. The van der Waals surface area contributed by atoms with Gasteiger partial charge in [-0.1, -0.05) is 13.8 Å². The zero-order valence-electron chi connectivity index (χ0n) is 5.30. The van der Waals surface area contributed by atoms with E-state index in [1.807, 2.05) is 0 Å². The number of aliphatic carboxylic acids is 1. The number of halogens is 2. The van der Waals surface area contributed by atoms with E-state index in [2.05, 4.69) is 0 Å². The number of alkyl halides is 1. The molecule has 0 spiro atoms. The molecule has 0 aromatic rings. The number of rotatable bonds is 2. The van der Waals surface area contributed by atoms with Gasteiger partial charge in [0.2, 0.25) is 0 Å². The first kappa shape index (κ1) is 11.8. The third kappa shape index (κ3) is 4.55. The first-order chi connectivity index (χ1) is 3.55. The second-order valence-electron chi connectivity index (χ2n) is 1.98. The molecule has 0 aromatic carbocycles. The highest BCUT2D eigenvalue weighted by Gasteiger charge is 2.16. The number of carboxylic acid groups (broad SMARTS) is 1. The van der Waals surface area contributed by atoms with Gasteiger partial charge in [0.1, 0.15) is 5.38 Å². The van der Waals surface area contributed by atoms with Crippen molar-refractivity contribution < 1.29 is 9.90 Å². The predicted octanol–water partition coefficient (Wildman–Crippen LogP) is 1.76. The van der Waals surface area contributed by atoms with Gasteiger partial charge >= 0.3 is 5.97 Å². The standard InChI is InChI=1S/C5H9ClO2.ClH/c1-3(2)4(6)5(7)8;/h3-4H,1-2H3,(H,7,8);1H. The van der Waals surface area contributed by atoms with Crippen LogP contribution in [-0.4, -0.2) is 16.5 Å². The van der Waals surface area contributed by atoms with E-state index in [4.69, 9.17) is 16.7 Å². The molecule has 0 bridgehead atoms. The molecule has 0 radical (unpaired) electrons. The van der Waals surface area contributed by atoms with Crippen molar-refractivity contribution in [3.63, 3.8) is 0 Å². The second kappa shape index (κ2) is 4.89. The maximum absolute atomic E-state index is 10.0. The average molecular weight is 173 g/mol. The molecule has 0 heterocycles. The van der Waals surface area contributed by atoms with Crippen molar-refractivity contribution in [2.75, 3.05) is 0 Å². The van der Waals surface area contributed by atoms with Crippen LogP contribution in [0.3, 0.4) is 0 Å². The van der Waals surface area contributed by atoms with Crippen LogP contribution in [0, 0.1) is 5.92 Å². The van der Waals surface area contributed by atoms with E-state index in [0.717, 1.165) is 0 Å². The van der Waals surface area contributed by atoms with E-state index >= 15 is 0 Å². The fraction of sp³-hybridized carbons (Fsp3) is 0.800. The van der Waals surface area contributed by atoms with Gasteiger partial charge in [0, 0.05) is 0 Å². The molecule has 0 rings (SSSR count). The lowest BCUT2D eigenvalue weighted by Crippen LogP contribution is -2.19. The highest BCUT2D eigenvalue weighted by molar-refractivity contribution is 6.29. The molecule has 0 saturated heterocycles. The second-order valence-corrected chi connectivity index (χ2v) is 2.45. The Bertz CT molecular complexity index is 93.0. The average Bonchev–Trinajstić information content (AvgIpc) is 1.64. The molecule has 0 aliphatic heterocycles. The van der Waals surface area contributed by atoms with Crippen molar-refractivity contribution in [3.8, 4) is 0 Å². The largest absolute Gasteiger partial charge is 0.480 e. The first-order valence-corrected chi connectivity index (χ1v) is 2.86. The Hall–Kier alpha value is 0.0500. The summed E-state index contributed by atoms with van der Waals surface area (Å²) in [5.74, 6) is -0.934. The van der Waals surface area contributed by atoms with Gasteiger partial charge in [-0.3, -0.25) is 4.79 Å². The van der Waals surface area contributed by atoms with Crippen molar-refractivity contribution in [1.29, 1.82) is 0 Å². The molecule has 9 heavy (non-hydrogen) atoms. The van der Waals surface area contributed by atoms with Crippen molar-refractivity contribution >= 4 is 30.0 Å². The van der Waals surface area contributed by atoms with E-state index in [-0.39, 0.29) is 18.3 Å². The minimum absolute atomic E-state index is 0. The minimum Gasteiger partial charge on any atom is -0.480 e. The van der Waals surface area contributed by atoms with Gasteiger partial charge in [0.15, 0.2) is 0 Å². The van der Waals surface area contributed by atoms with Gasteiger partial charge < -0.3 is 5.11 Å². The molecule has 1 N–H and O–H groups in total. The fourth-order valence-corrected chi connectivity index (χ4v) is 0.285. The molecule has 0 aliphatic rings. The molecule has 0 aromatic heterocycles. The van der Waals surface area contributed by atoms with Gasteiger partial charge in [0.25, 0.3) is 0 Å². The number of hydrogen-bond acceptors (Lipinski definition) is 1. The van der Waals surface area contributed by atoms with Crippen LogP contribution in [0.5, 0.6) is 0 Å². The van der Waals surface area contributed by atoms with E-state index in [1.165, 1.54) is 0 Å². The SMILES string of the molecule is CC(C)C(Cl)C(=O)O.Cl. The summed E-state index contributed by atoms with van der Waals surface area (Å²) >= 11 is 5.35. The molecule has 0 saturated carbocycles. The van der Waals surface area contributed by atoms with Gasteiger partial charge in [-0.25, -0.2) is 0 Å². The molecular weight excluding hydrogens is 163 g/mol. The summed E-state index contributed by atoms with van der Waals surface area (Å²) in [6, 6.07) is 0. The summed E-state index contributed by atoms with van der Waals surface area (Å²) in [6.45, 7) is 3.54. The van der Waals surface area contributed by atoms with Gasteiger partial charge in [0.05, 0.1) is 0 Å².